The molecule has 0 saturated carbocycles. The van der Waals surface area contributed by atoms with Crippen LogP contribution in [0.2, 0.25) is 0 Å². The molecular formula is C27H58NO9P. The molecule has 1 unspecified atom stereocenters. The number of phosphoric acid groups is 1. The highest BCUT2D eigenvalue weighted by molar-refractivity contribution is 7.45. The van der Waals surface area contributed by atoms with Crippen molar-refractivity contribution in [2.75, 3.05) is 107 Å². The van der Waals surface area contributed by atoms with Crippen LogP contribution in [0, 0.1) is 0 Å². The third-order valence-corrected chi connectivity index (χ3v) is 6.62. The van der Waals surface area contributed by atoms with Crippen LogP contribution >= 0.6 is 7.82 Å². The summed E-state index contributed by atoms with van der Waals surface area (Å²) in [6.45, 7) is 7.72. The Kier molecular flexibility index (Phi) is 27.0. The summed E-state index contributed by atoms with van der Waals surface area (Å²) in [7, 11) is 1.57. The Morgan fingerprint density at radius 2 is 0.842 bits per heavy atom. The van der Waals surface area contributed by atoms with Gasteiger partial charge in [0.2, 0.25) is 0 Å². The number of quaternary nitrogens is 1. The smallest absolute Gasteiger partial charge is 0.268 e. The summed E-state index contributed by atoms with van der Waals surface area (Å²) in [6.07, 6.45) is 13.3. The molecule has 230 valence electrons. The fourth-order valence-electron chi connectivity index (χ4n) is 3.35. The second-order valence-electron chi connectivity index (χ2n) is 10.4. The highest BCUT2D eigenvalue weighted by Gasteiger charge is 2.13. The van der Waals surface area contributed by atoms with E-state index in [2.05, 4.69) is 6.92 Å². The van der Waals surface area contributed by atoms with Gasteiger partial charge in [-0.1, -0.05) is 64.7 Å². The van der Waals surface area contributed by atoms with Gasteiger partial charge in [-0.25, -0.2) is 0 Å². The Balaban J connectivity index is 3.19. The van der Waals surface area contributed by atoms with Crippen LogP contribution < -0.4 is 4.89 Å². The molecule has 0 rings (SSSR count). The minimum atomic E-state index is -4.28. The van der Waals surface area contributed by atoms with Crippen molar-refractivity contribution in [3.8, 4) is 0 Å². The summed E-state index contributed by atoms with van der Waals surface area (Å²) in [5.74, 6) is 0. The van der Waals surface area contributed by atoms with Crippen molar-refractivity contribution in [1.29, 1.82) is 0 Å². The van der Waals surface area contributed by atoms with E-state index >= 15 is 0 Å². The number of ether oxygens (including phenoxy) is 5. The quantitative estimate of drug-likeness (QED) is 0.0688. The number of nitrogens with zero attached hydrogens (tertiary/aromatic N) is 1. The first-order chi connectivity index (χ1) is 18.3. The van der Waals surface area contributed by atoms with E-state index in [9.17, 15) is 9.46 Å². The van der Waals surface area contributed by atoms with Gasteiger partial charge in [0.15, 0.2) is 0 Å². The SMILES string of the molecule is CCCCCCCCCCCCOCCOCCOCCOCCOCCOP(=O)([O-])OCC[N+](C)(C)C. The molecule has 0 radical (unpaired) electrons. The van der Waals surface area contributed by atoms with Gasteiger partial charge in [-0.2, -0.15) is 0 Å². The molecule has 38 heavy (non-hydrogen) atoms. The van der Waals surface area contributed by atoms with Gasteiger partial charge in [-0.3, -0.25) is 4.57 Å². The van der Waals surface area contributed by atoms with Crippen molar-refractivity contribution in [2.45, 2.75) is 71.1 Å². The normalized spacial score (nSPS) is 13.7. The molecular weight excluding hydrogens is 513 g/mol. The van der Waals surface area contributed by atoms with Crippen LogP contribution in [0.4, 0.5) is 0 Å². The lowest BCUT2D eigenvalue weighted by Crippen LogP contribution is -2.37. The van der Waals surface area contributed by atoms with Crippen LogP contribution in [-0.4, -0.2) is 111 Å². The Labute approximate surface area is 232 Å². The Morgan fingerprint density at radius 3 is 1.26 bits per heavy atom. The van der Waals surface area contributed by atoms with Crippen molar-refractivity contribution in [1.82, 2.24) is 0 Å². The highest BCUT2D eigenvalue weighted by Crippen LogP contribution is 2.37. The summed E-state index contributed by atoms with van der Waals surface area (Å²) >= 11 is 0. The molecule has 0 aromatic rings. The molecule has 0 aromatic heterocycles. The molecule has 0 fully saturated rings. The van der Waals surface area contributed by atoms with Crippen molar-refractivity contribution in [3.05, 3.63) is 0 Å². The van der Waals surface area contributed by atoms with Gasteiger partial charge >= 0.3 is 0 Å². The maximum Gasteiger partial charge on any atom is 0.268 e. The number of phosphoric ester groups is 1. The van der Waals surface area contributed by atoms with E-state index in [1.165, 1.54) is 57.8 Å². The van der Waals surface area contributed by atoms with Crippen molar-refractivity contribution >= 4 is 7.82 Å². The molecule has 1 atom stereocenters. The lowest BCUT2D eigenvalue weighted by atomic mass is 10.1. The van der Waals surface area contributed by atoms with Gasteiger partial charge in [0.1, 0.15) is 13.2 Å². The first-order valence-corrected chi connectivity index (χ1v) is 16.0. The van der Waals surface area contributed by atoms with E-state index in [0.29, 0.717) is 63.9 Å². The minimum Gasteiger partial charge on any atom is -0.756 e. The molecule has 0 aliphatic carbocycles. The molecule has 11 heteroatoms. The van der Waals surface area contributed by atoms with E-state index in [0.717, 1.165) is 13.0 Å². The predicted octanol–water partition coefficient (Wildman–Crippen LogP) is 4.20. The molecule has 0 aromatic carbocycles. The molecule has 0 amide bonds. The summed E-state index contributed by atoms with van der Waals surface area (Å²) in [6, 6.07) is 0. The third-order valence-electron chi connectivity index (χ3n) is 5.62. The predicted molar refractivity (Wildman–Crippen MR) is 148 cm³/mol. The average molecular weight is 572 g/mol. The van der Waals surface area contributed by atoms with Crippen molar-refractivity contribution in [3.63, 3.8) is 0 Å². The average Bonchev–Trinajstić information content (AvgIpc) is 2.85. The number of hydrogen-bond donors (Lipinski definition) is 0. The van der Waals surface area contributed by atoms with E-state index in [-0.39, 0.29) is 19.8 Å². The first kappa shape index (κ1) is 37.9. The van der Waals surface area contributed by atoms with Crippen molar-refractivity contribution < 1.29 is 46.7 Å². The van der Waals surface area contributed by atoms with Crippen LogP contribution in [0.3, 0.4) is 0 Å². The van der Waals surface area contributed by atoms with Gasteiger partial charge in [-0.05, 0) is 6.42 Å². The molecule has 0 aliphatic heterocycles. The Bertz CT molecular complexity index is 535. The third kappa shape index (κ3) is 32.1. The lowest BCUT2D eigenvalue weighted by Gasteiger charge is -2.27. The maximum atomic E-state index is 11.6. The Morgan fingerprint density at radius 1 is 0.500 bits per heavy atom. The molecule has 10 nitrogen and oxygen atoms in total. The summed E-state index contributed by atoms with van der Waals surface area (Å²) < 4.78 is 49.1. The summed E-state index contributed by atoms with van der Waals surface area (Å²) in [5, 5.41) is 0. The second kappa shape index (κ2) is 27.1. The number of hydrogen-bond acceptors (Lipinski definition) is 9. The fraction of sp³-hybridized carbons (Fsp3) is 1.00. The van der Waals surface area contributed by atoms with Gasteiger partial charge in [0.05, 0.1) is 87.2 Å². The summed E-state index contributed by atoms with van der Waals surface area (Å²) in [4.78, 5) is 11.6. The van der Waals surface area contributed by atoms with Crippen LogP contribution in [0.5, 0.6) is 0 Å². The van der Waals surface area contributed by atoms with Gasteiger partial charge in [0, 0.05) is 6.61 Å². The Hall–Kier alpha value is -0.130. The van der Waals surface area contributed by atoms with Crippen LogP contribution in [0.25, 0.3) is 0 Å². The van der Waals surface area contributed by atoms with E-state index in [4.69, 9.17) is 32.7 Å². The maximum absolute atomic E-state index is 11.6. The largest absolute Gasteiger partial charge is 0.756 e. The van der Waals surface area contributed by atoms with E-state index in [1.54, 1.807) is 0 Å². The molecule has 0 bridgehead atoms. The first-order valence-electron chi connectivity index (χ1n) is 14.6. The van der Waals surface area contributed by atoms with Crippen LogP contribution in [-0.2, 0) is 37.3 Å². The summed E-state index contributed by atoms with van der Waals surface area (Å²) in [5.41, 5.74) is 0. The van der Waals surface area contributed by atoms with Crippen LogP contribution in [0.1, 0.15) is 71.1 Å². The van der Waals surface area contributed by atoms with Gasteiger partial charge in [0.25, 0.3) is 7.82 Å². The standard InChI is InChI=1S/C27H58NO9P/c1-5-6-7-8-9-10-11-12-13-14-16-31-18-19-32-20-21-33-22-23-34-24-25-35-26-27-37-38(29,30)36-17-15-28(2,3)4/h5-27H2,1-4H3. The monoisotopic (exact) mass is 571 g/mol. The molecule has 0 aliphatic rings. The van der Waals surface area contributed by atoms with E-state index in [1.807, 2.05) is 21.1 Å². The zero-order valence-electron chi connectivity index (χ0n) is 24.8. The van der Waals surface area contributed by atoms with E-state index < -0.39 is 7.82 Å². The molecule has 0 heterocycles. The minimum absolute atomic E-state index is 0.0844. The zero-order chi connectivity index (χ0) is 28.2. The van der Waals surface area contributed by atoms with Gasteiger partial charge in [-0.15, -0.1) is 0 Å². The highest BCUT2D eigenvalue weighted by atomic mass is 31.2. The topological polar surface area (TPSA) is 105 Å². The second-order valence-corrected chi connectivity index (χ2v) is 11.8. The molecule has 0 N–H and O–H groups in total. The zero-order valence-corrected chi connectivity index (χ0v) is 25.7. The fourth-order valence-corrected chi connectivity index (χ4v) is 4.02. The molecule has 0 saturated heterocycles. The molecule has 0 spiro atoms. The lowest BCUT2D eigenvalue weighted by molar-refractivity contribution is -0.870. The van der Waals surface area contributed by atoms with Crippen LogP contribution in [0.15, 0.2) is 0 Å². The van der Waals surface area contributed by atoms with Gasteiger partial charge < -0.3 is 42.1 Å². The van der Waals surface area contributed by atoms with Crippen molar-refractivity contribution in [2.24, 2.45) is 0 Å². The number of rotatable bonds is 31. The number of likely N-dealkylation sites (N-methyl/N-ethyl adjacent to an activating group) is 1. The number of unbranched alkanes of at least 4 members (excludes halogenated alkanes) is 9.